The number of imidazole rings is 1. The van der Waals surface area contributed by atoms with Crippen LogP contribution >= 0.6 is 15.9 Å². The van der Waals surface area contributed by atoms with Crippen LogP contribution in [0.2, 0.25) is 0 Å². The molecule has 2 aromatic rings. The molecule has 0 atom stereocenters. The smallest absolute Gasteiger partial charge is 0.283 e. The van der Waals surface area contributed by atoms with Crippen molar-refractivity contribution in [3.05, 3.63) is 39.2 Å². The molecule has 7 heteroatoms. The summed E-state index contributed by atoms with van der Waals surface area (Å²) in [6.45, 7) is 2.99. The third-order valence-electron chi connectivity index (χ3n) is 2.31. The fraction of sp³-hybridized carbons (Fsp3) is 0.300. The molecule has 0 saturated heterocycles. The summed E-state index contributed by atoms with van der Waals surface area (Å²) in [6, 6.07) is 0. The van der Waals surface area contributed by atoms with Gasteiger partial charge in [-0.05, 0) is 22.9 Å². The first-order valence-electron chi connectivity index (χ1n) is 5.19. The van der Waals surface area contributed by atoms with Crippen LogP contribution in [0.25, 0.3) is 0 Å². The fourth-order valence-corrected chi connectivity index (χ4v) is 1.83. The van der Waals surface area contributed by atoms with Gasteiger partial charge in [-0.15, -0.1) is 0 Å². The second-order valence-corrected chi connectivity index (χ2v) is 4.22. The van der Waals surface area contributed by atoms with Gasteiger partial charge in [0.05, 0.1) is 30.5 Å². The van der Waals surface area contributed by atoms with Crippen molar-refractivity contribution in [1.82, 2.24) is 19.7 Å². The minimum Gasteiger partial charge on any atom is -0.377 e. The average Bonchev–Trinajstić information content (AvgIpc) is 2.84. The molecule has 2 N–H and O–H groups in total. The third kappa shape index (κ3) is 2.55. The normalized spacial score (nSPS) is 10.5. The molecule has 0 saturated carbocycles. The number of anilines is 1. The first-order chi connectivity index (χ1) is 8.22. The van der Waals surface area contributed by atoms with Crippen LogP contribution in [-0.4, -0.2) is 19.7 Å². The van der Waals surface area contributed by atoms with E-state index in [4.69, 9.17) is 0 Å². The van der Waals surface area contributed by atoms with E-state index in [9.17, 15) is 4.79 Å². The molecule has 0 bridgehead atoms. The van der Waals surface area contributed by atoms with Gasteiger partial charge in [0.1, 0.15) is 4.47 Å². The van der Waals surface area contributed by atoms with Crippen LogP contribution in [0.5, 0.6) is 0 Å². The van der Waals surface area contributed by atoms with E-state index in [1.165, 1.54) is 4.68 Å². The van der Waals surface area contributed by atoms with Crippen LogP contribution in [0, 0.1) is 0 Å². The van der Waals surface area contributed by atoms with Crippen LogP contribution < -0.4 is 10.9 Å². The Hall–Kier alpha value is -1.63. The molecule has 0 radical (unpaired) electrons. The second-order valence-electron chi connectivity index (χ2n) is 3.42. The maximum absolute atomic E-state index is 11.8. The van der Waals surface area contributed by atoms with Crippen molar-refractivity contribution in [2.75, 3.05) is 5.32 Å². The highest BCUT2D eigenvalue weighted by Gasteiger charge is 2.07. The topological polar surface area (TPSA) is 75.6 Å². The SMILES string of the molecule is CCn1ncc(NCc2cnc[nH]2)c(Br)c1=O. The Morgan fingerprint density at radius 1 is 1.53 bits per heavy atom. The monoisotopic (exact) mass is 297 g/mol. The third-order valence-corrected chi connectivity index (χ3v) is 3.07. The second kappa shape index (κ2) is 5.13. The molecule has 17 heavy (non-hydrogen) atoms. The number of rotatable bonds is 4. The van der Waals surface area contributed by atoms with E-state index in [1.807, 2.05) is 6.92 Å². The van der Waals surface area contributed by atoms with Gasteiger partial charge in [-0.3, -0.25) is 4.79 Å². The Bertz CT molecular complexity index is 548. The lowest BCUT2D eigenvalue weighted by Crippen LogP contribution is -2.23. The lowest BCUT2D eigenvalue weighted by molar-refractivity contribution is 0.613. The van der Waals surface area contributed by atoms with E-state index in [2.05, 4.69) is 36.3 Å². The van der Waals surface area contributed by atoms with Crippen molar-refractivity contribution in [1.29, 1.82) is 0 Å². The molecule has 0 spiro atoms. The number of nitrogens with zero attached hydrogens (tertiary/aromatic N) is 3. The van der Waals surface area contributed by atoms with E-state index >= 15 is 0 Å². The predicted molar refractivity (Wildman–Crippen MR) is 67.8 cm³/mol. The molecule has 0 aliphatic carbocycles. The summed E-state index contributed by atoms with van der Waals surface area (Å²) in [5.41, 5.74) is 1.48. The van der Waals surface area contributed by atoms with Gasteiger partial charge < -0.3 is 10.3 Å². The molecule has 0 fully saturated rings. The minimum absolute atomic E-state index is 0.137. The maximum atomic E-state index is 11.8. The Morgan fingerprint density at radius 3 is 3.00 bits per heavy atom. The number of nitrogens with one attached hydrogen (secondary N) is 2. The van der Waals surface area contributed by atoms with Crippen molar-refractivity contribution in [2.45, 2.75) is 20.0 Å². The van der Waals surface area contributed by atoms with E-state index in [0.29, 0.717) is 23.2 Å². The lowest BCUT2D eigenvalue weighted by Gasteiger charge is -2.08. The van der Waals surface area contributed by atoms with Crippen molar-refractivity contribution in [3.8, 4) is 0 Å². The average molecular weight is 298 g/mol. The fourth-order valence-electron chi connectivity index (χ4n) is 1.39. The van der Waals surface area contributed by atoms with Gasteiger partial charge in [0.2, 0.25) is 0 Å². The van der Waals surface area contributed by atoms with Gasteiger partial charge in [-0.2, -0.15) is 5.10 Å². The van der Waals surface area contributed by atoms with Gasteiger partial charge >= 0.3 is 0 Å². The number of hydrogen-bond donors (Lipinski definition) is 2. The number of aromatic amines is 1. The molecular formula is C10H12BrN5O. The van der Waals surface area contributed by atoms with Crippen LogP contribution in [-0.2, 0) is 13.1 Å². The highest BCUT2D eigenvalue weighted by Crippen LogP contribution is 2.16. The largest absolute Gasteiger partial charge is 0.377 e. The zero-order chi connectivity index (χ0) is 12.3. The Labute approximate surface area is 106 Å². The van der Waals surface area contributed by atoms with Crippen molar-refractivity contribution < 1.29 is 0 Å². The van der Waals surface area contributed by atoms with Gasteiger partial charge in [-0.1, -0.05) is 0 Å². The zero-order valence-electron chi connectivity index (χ0n) is 9.27. The van der Waals surface area contributed by atoms with Gasteiger partial charge in [0.15, 0.2) is 0 Å². The maximum Gasteiger partial charge on any atom is 0.283 e. The van der Waals surface area contributed by atoms with Gasteiger partial charge in [-0.25, -0.2) is 9.67 Å². The lowest BCUT2D eigenvalue weighted by atomic mass is 10.4. The molecule has 6 nitrogen and oxygen atoms in total. The highest BCUT2D eigenvalue weighted by atomic mass is 79.9. The van der Waals surface area contributed by atoms with Crippen LogP contribution in [0.4, 0.5) is 5.69 Å². The standard InChI is InChI=1S/C10H12BrN5O/c1-2-16-10(17)9(11)8(5-15-16)13-4-7-3-12-6-14-7/h3,5-6,13H,2,4H2,1H3,(H,12,14). The van der Waals surface area contributed by atoms with Crippen LogP contribution in [0.15, 0.2) is 28.0 Å². The predicted octanol–water partition coefficient (Wildman–Crippen LogP) is 1.36. The van der Waals surface area contributed by atoms with E-state index in [0.717, 1.165) is 5.69 Å². The summed E-state index contributed by atoms with van der Waals surface area (Å²) < 4.78 is 1.89. The summed E-state index contributed by atoms with van der Waals surface area (Å²) in [5, 5.41) is 7.16. The first-order valence-corrected chi connectivity index (χ1v) is 5.98. The van der Waals surface area contributed by atoms with Gasteiger partial charge in [0.25, 0.3) is 5.56 Å². The summed E-state index contributed by atoms with van der Waals surface area (Å²) in [6.07, 6.45) is 4.96. The molecule has 0 aliphatic rings. The molecule has 0 aliphatic heterocycles. The molecule has 0 amide bonds. The van der Waals surface area contributed by atoms with E-state index < -0.39 is 0 Å². The minimum atomic E-state index is -0.137. The van der Waals surface area contributed by atoms with E-state index in [-0.39, 0.29) is 5.56 Å². The Morgan fingerprint density at radius 2 is 2.35 bits per heavy atom. The summed E-state index contributed by atoms with van der Waals surface area (Å²) in [5.74, 6) is 0. The number of aromatic nitrogens is 4. The number of halogens is 1. The number of H-pyrrole nitrogens is 1. The van der Waals surface area contributed by atoms with Gasteiger partial charge in [0, 0.05) is 12.7 Å². The number of hydrogen-bond acceptors (Lipinski definition) is 4. The molecule has 2 rings (SSSR count). The van der Waals surface area contributed by atoms with Crippen LogP contribution in [0.1, 0.15) is 12.6 Å². The molecule has 2 aromatic heterocycles. The molecule has 2 heterocycles. The van der Waals surface area contributed by atoms with Crippen molar-refractivity contribution in [3.63, 3.8) is 0 Å². The highest BCUT2D eigenvalue weighted by molar-refractivity contribution is 9.10. The van der Waals surface area contributed by atoms with Crippen LogP contribution in [0.3, 0.4) is 0 Å². The summed E-state index contributed by atoms with van der Waals surface area (Å²) in [4.78, 5) is 18.7. The Balaban J connectivity index is 2.17. The summed E-state index contributed by atoms with van der Waals surface area (Å²) >= 11 is 3.27. The quantitative estimate of drug-likeness (QED) is 0.893. The Kier molecular flexibility index (Phi) is 3.58. The summed E-state index contributed by atoms with van der Waals surface area (Å²) in [7, 11) is 0. The first kappa shape index (κ1) is 11.8. The number of aryl methyl sites for hydroxylation is 1. The molecule has 0 aromatic carbocycles. The zero-order valence-corrected chi connectivity index (χ0v) is 10.9. The van der Waals surface area contributed by atoms with Crippen molar-refractivity contribution in [2.24, 2.45) is 0 Å². The van der Waals surface area contributed by atoms with E-state index in [1.54, 1.807) is 18.7 Å². The molecular weight excluding hydrogens is 286 g/mol. The molecule has 0 unspecified atom stereocenters. The molecule has 90 valence electrons. The van der Waals surface area contributed by atoms with Crippen molar-refractivity contribution >= 4 is 21.6 Å².